The third kappa shape index (κ3) is 7.99. The number of hydrogen-bond donors (Lipinski definition) is 4. The van der Waals surface area contributed by atoms with E-state index in [1.54, 1.807) is 29.2 Å². The van der Waals surface area contributed by atoms with E-state index in [0.717, 1.165) is 17.4 Å². The molecule has 216 valence electrons. The van der Waals surface area contributed by atoms with Crippen molar-refractivity contribution in [1.82, 2.24) is 14.9 Å². The fourth-order valence-electron chi connectivity index (χ4n) is 3.45. The number of nitrogen functional groups attached to an aromatic ring is 1. The van der Waals surface area contributed by atoms with Crippen LogP contribution in [-0.4, -0.2) is 87.8 Å². The molecule has 1 aromatic carbocycles. The summed E-state index contributed by atoms with van der Waals surface area (Å²) in [7, 11) is -4.42. The second-order valence-corrected chi connectivity index (χ2v) is 11.2. The number of thiophene rings is 1. The number of piperazine rings is 1. The topological polar surface area (TPSA) is 192 Å². The SMILES string of the molecule is N=C(N)c1ccc(N2CCN(CC(=O)NC[C@H](NS(=O)(=O)c3cccs3)C(=O)OC(=O)C(F)(F)F)C(=O)C2)cc1. The van der Waals surface area contributed by atoms with Gasteiger partial charge in [0.25, 0.3) is 10.0 Å². The number of nitrogens with zero attached hydrogens (tertiary/aromatic N) is 2. The van der Waals surface area contributed by atoms with Gasteiger partial charge in [0, 0.05) is 30.9 Å². The Morgan fingerprint density at radius 2 is 1.82 bits per heavy atom. The molecule has 13 nitrogen and oxygen atoms in total. The van der Waals surface area contributed by atoms with Crippen LogP contribution in [0.15, 0.2) is 46.0 Å². The summed E-state index contributed by atoms with van der Waals surface area (Å²) < 4.78 is 67.9. The van der Waals surface area contributed by atoms with Gasteiger partial charge in [0.2, 0.25) is 11.8 Å². The van der Waals surface area contributed by atoms with E-state index in [2.05, 4.69) is 10.1 Å². The Morgan fingerprint density at radius 3 is 2.38 bits per heavy atom. The fraction of sp³-hybridized carbons (Fsp3) is 0.318. The van der Waals surface area contributed by atoms with E-state index < -0.39 is 59.1 Å². The van der Waals surface area contributed by atoms with E-state index in [9.17, 15) is 40.8 Å². The first-order valence-corrected chi connectivity index (χ1v) is 13.7. The molecule has 1 aromatic heterocycles. The monoisotopic (exact) mass is 604 g/mol. The first kappa shape index (κ1) is 30.5. The zero-order valence-electron chi connectivity index (χ0n) is 20.4. The number of hydrogen-bond acceptors (Lipinski definition) is 10. The van der Waals surface area contributed by atoms with Crippen LogP contribution in [-0.2, 0) is 33.9 Å². The number of anilines is 1. The number of amides is 2. The van der Waals surface area contributed by atoms with Crippen molar-refractivity contribution < 1.29 is 45.5 Å². The molecule has 1 aliphatic rings. The highest BCUT2D eigenvalue weighted by Gasteiger charge is 2.44. The Hall–Kier alpha value is -4.03. The molecule has 5 N–H and O–H groups in total. The van der Waals surface area contributed by atoms with Crippen molar-refractivity contribution in [2.45, 2.75) is 16.4 Å². The van der Waals surface area contributed by atoms with Crippen molar-refractivity contribution in [3.63, 3.8) is 0 Å². The molecule has 2 aromatic rings. The number of nitrogens with two attached hydrogens (primary N) is 1. The minimum atomic E-state index is -5.52. The highest BCUT2D eigenvalue weighted by atomic mass is 32.2. The number of rotatable bonds is 10. The molecular weight excluding hydrogens is 581 g/mol. The third-order valence-corrected chi connectivity index (χ3v) is 8.34. The van der Waals surface area contributed by atoms with Crippen LogP contribution in [0, 0.1) is 5.41 Å². The molecule has 2 amide bonds. The summed E-state index contributed by atoms with van der Waals surface area (Å²) in [6, 6.07) is 7.07. The lowest BCUT2D eigenvalue weighted by Crippen LogP contribution is -2.55. The van der Waals surface area contributed by atoms with Gasteiger partial charge in [-0.2, -0.15) is 17.9 Å². The zero-order chi connectivity index (χ0) is 29.7. The van der Waals surface area contributed by atoms with Gasteiger partial charge in [-0.25, -0.2) is 18.0 Å². The molecule has 0 spiro atoms. The van der Waals surface area contributed by atoms with Gasteiger partial charge < -0.3 is 25.6 Å². The summed E-state index contributed by atoms with van der Waals surface area (Å²) in [5.41, 5.74) is 6.63. The maximum absolute atomic E-state index is 12.6. The number of amidine groups is 1. The van der Waals surface area contributed by atoms with Gasteiger partial charge in [-0.15, -0.1) is 11.3 Å². The average molecular weight is 605 g/mol. The van der Waals surface area contributed by atoms with Gasteiger partial charge in [-0.1, -0.05) is 6.07 Å². The molecule has 40 heavy (non-hydrogen) atoms. The van der Waals surface area contributed by atoms with Crippen LogP contribution in [0.5, 0.6) is 0 Å². The van der Waals surface area contributed by atoms with Crippen LogP contribution in [0.3, 0.4) is 0 Å². The van der Waals surface area contributed by atoms with E-state index in [0.29, 0.717) is 17.8 Å². The standard InChI is InChI=1S/C22H23F3N6O7S2/c23-22(24,25)21(35)38-20(34)15(29-40(36,37)18-2-1-9-39-18)10-28-16(32)11-31-8-7-30(12-17(31)33)14-5-3-13(4-6-14)19(26)27/h1-6,9,15,29H,7-8,10-12H2,(H3,26,27)(H,28,32)/t15-/m0/s1. The molecule has 0 bridgehead atoms. The highest BCUT2D eigenvalue weighted by Crippen LogP contribution is 2.19. The van der Waals surface area contributed by atoms with Crippen molar-refractivity contribution in [3.05, 3.63) is 47.3 Å². The third-order valence-electron chi connectivity index (χ3n) is 5.47. The molecule has 0 aliphatic carbocycles. The molecule has 1 saturated heterocycles. The molecule has 0 unspecified atom stereocenters. The number of esters is 2. The lowest BCUT2D eigenvalue weighted by atomic mass is 10.1. The van der Waals surface area contributed by atoms with Crippen molar-refractivity contribution >= 4 is 56.6 Å². The highest BCUT2D eigenvalue weighted by molar-refractivity contribution is 7.91. The number of carbonyl (C=O) groups is 4. The summed E-state index contributed by atoms with van der Waals surface area (Å²) in [5, 5.41) is 11.0. The largest absolute Gasteiger partial charge is 0.491 e. The molecule has 18 heteroatoms. The lowest BCUT2D eigenvalue weighted by molar-refractivity contribution is -0.202. The van der Waals surface area contributed by atoms with Crippen LogP contribution in [0.1, 0.15) is 5.56 Å². The minimum absolute atomic E-state index is 0.0815. The Kier molecular flexibility index (Phi) is 9.48. The minimum Gasteiger partial charge on any atom is -0.385 e. The molecule has 3 rings (SSSR count). The predicted molar refractivity (Wildman–Crippen MR) is 135 cm³/mol. The van der Waals surface area contributed by atoms with Crippen LogP contribution >= 0.6 is 11.3 Å². The summed E-state index contributed by atoms with van der Waals surface area (Å²) in [5.74, 6) is -6.13. The molecule has 1 atom stereocenters. The van der Waals surface area contributed by atoms with E-state index in [1.807, 2.05) is 4.72 Å². The van der Waals surface area contributed by atoms with Crippen molar-refractivity contribution in [3.8, 4) is 0 Å². The second-order valence-electron chi connectivity index (χ2n) is 8.31. The first-order chi connectivity index (χ1) is 18.7. The van der Waals surface area contributed by atoms with Crippen molar-refractivity contribution in [1.29, 1.82) is 5.41 Å². The average Bonchev–Trinajstić information content (AvgIpc) is 3.43. The normalized spacial score (nSPS) is 14.9. The van der Waals surface area contributed by atoms with Crippen molar-refractivity contribution in [2.24, 2.45) is 5.73 Å². The summed E-state index contributed by atoms with van der Waals surface area (Å²) >= 11 is 0.750. The van der Waals surface area contributed by atoms with Crippen molar-refractivity contribution in [2.75, 3.05) is 37.6 Å². The van der Waals surface area contributed by atoms with Gasteiger partial charge in [-0.3, -0.25) is 15.0 Å². The lowest BCUT2D eigenvalue weighted by Gasteiger charge is -2.35. The van der Waals surface area contributed by atoms with Gasteiger partial charge in [0.05, 0.1) is 13.1 Å². The number of nitrogens with one attached hydrogen (secondary N) is 3. The zero-order valence-corrected chi connectivity index (χ0v) is 22.1. The molecule has 1 fully saturated rings. The smallest absolute Gasteiger partial charge is 0.385 e. The Bertz CT molecular complexity index is 1380. The summed E-state index contributed by atoms with van der Waals surface area (Å²) in [6.45, 7) is -0.979. The number of ether oxygens (including phenoxy) is 1. The maximum Gasteiger partial charge on any atom is 0.491 e. The Morgan fingerprint density at radius 1 is 1.15 bits per heavy atom. The van der Waals surface area contributed by atoms with Gasteiger partial charge in [-0.05, 0) is 35.7 Å². The molecule has 1 aliphatic heterocycles. The molecule has 0 radical (unpaired) electrons. The number of sulfonamides is 1. The fourth-order valence-corrected chi connectivity index (χ4v) is 5.64. The number of benzene rings is 1. The maximum atomic E-state index is 12.6. The van der Waals surface area contributed by atoms with Gasteiger partial charge in [0.1, 0.15) is 16.1 Å². The van der Waals surface area contributed by atoms with E-state index >= 15 is 0 Å². The van der Waals surface area contributed by atoms with Crippen LogP contribution in [0.4, 0.5) is 18.9 Å². The molecule has 2 heterocycles. The number of alkyl halides is 3. The molecule has 0 saturated carbocycles. The second kappa shape index (κ2) is 12.4. The van der Waals surface area contributed by atoms with Crippen LogP contribution < -0.4 is 20.7 Å². The van der Waals surface area contributed by atoms with Crippen LogP contribution in [0.2, 0.25) is 0 Å². The summed E-state index contributed by atoms with van der Waals surface area (Å²) in [4.78, 5) is 51.4. The van der Waals surface area contributed by atoms with Gasteiger partial charge >= 0.3 is 18.1 Å². The van der Waals surface area contributed by atoms with E-state index in [1.165, 1.54) is 16.3 Å². The predicted octanol–water partition coefficient (Wildman–Crippen LogP) is -0.224. The molecular formula is C22H23F3N6O7S2. The summed E-state index contributed by atoms with van der Waals surface area (Å²) in [6.07, 6.45) is -5.52. The Balaban J connectivity index is 1.60. The quantitative estimate of drug-likeness (QED) is 0.123. The van der Waals surface area contributed by atoms with E-state index in [-0.39, 0.29) is 23.1 Å². The number of carbonyl (C=O) groups excluding carboxylic acids is 4. The Labute approximate surface area is 229 Å². The number of halogens is 3. The van der Waals surface area contributed by atoms with Gasteiger partial charge in [0.15, 0.2) is 0 Å². The van der Waals surface area contributed by atoms with E-state index in [4.69, 9.17) is 11.1 Å². The van der Waals surface area contributed by atoms with Crippen LogP contribution in [0.25, 0.3) is 0 Å². The first-order valence-electron chi connectivity index (χ1n) is 11.3.